The van der Waals surface area contributed by atoms with Crippen molar-refractivity contribution in [1.29, 1.82) is 0 Å². The number of benzene rings is 1. The Kier molecular flexibility index (Phi) is 5.93. The van der Waals surface area contributed by atoms with Gasteiger partial charge in [-0.2, -0.15) is 5.10 Å². The van der Waals surface area contributed by atoms with Gasteiger partial charge in [0, 0.05) is 13.2 Å². The first-order chi connectivity index (χ1) is 11.0. The van der Waals surface area contributed by atoms with Gasteiger partial charge < -0.3 is 9.47 Å². The summed E-state index contributed by atoms with van der Waals surface area (Å²) in [6, 6.07) is 10.1. The molecule has 1 aromatic heterocycles. The molecule has 0 saturated carbocycles. The fourth-order valence-electron chi connectivity index (χ4n) is 2.43. The van der Waals surface area contributed by atoms with E-state index < -0.39 is 0 Å². The van der Waals surface area contributed by atoms with Crippen LogP contribution in [0.15, 0.2) is 36.5 Å². The third-order valence-electron chi connectivity index (χ3n) is 3.68. The number of aromatic nitrogens is 2. The molecule has 23 heavy (non-hydrogen) atoms. The summed E-state index contributed by atoms with van der Waals surface area (Å²) in [5.74, 6) is 0.0619. The fourth-order valence-corrected chi connectivity index (χ4v) is 2.43. The van der Waals surface area contributed by atoms with Crippen molar-refractivity contribution in [2.45, 2.75) is 32.8 Å². The van der Waals surface area contributed by atoms with E-state index >= 15 is 0 Å². The van der Waals surface area contributed by atoms with E-state index in [-0.39, 0.29) is 18.7 Å². The molecule has 1 aromatic carbocycles. The van der Waals surface area contributed by atoms with E-state index in [4.69, 9.17) is 9.47 Å². The van der Waals surface area contributed by atoms with Crippen molar-refractivity contribution in [2.24, 2.45) is 7.05 Å². The van der Waals surface area contributed by atoms with Crippen LogP contribution in [0.4, 0.5) is 0 Å². The van der Waals surface area contributed by atoms with Crippen molar-refractivity contribution >= 4 is 5.97 Å². The molecule has 2 aromatic rings. The van der Waals surface area contributed by atoms with Gasteiger partial charge in [-0.25, -0.2) is 4.79 Å². The van der Waals surface area contributed by atoms with Crippen molar-refractivity contribution in [1.82, 2.24) is 9.78 Å². The summed E-state index contributed by atoms with van der Waals surface area (Å²) >= 11 is 0. The molecule has 1 atom stereocenters. The molecular formula is C18H24N2O3. The maximum absolute atomic E-state index is 11.6. The molecular weight excluding hydrogens is 292 g/mol. The van der Waals surface area contributed by atoms with Gasteiger partial charge in [0.25, 0.3) is 0 Å². The molecule has 0 bridgehead atoms. The van der Waals surface area contributed by atoms with Crippen molar-refractivity contribution in [3.63, 3.8) is 0 Å². The van der Waals surface area contributed by atoms with Gasteiger partial charge >= 0.3 is 5.97 Å². The fraction of sp³-hybridized carbons (Fsp3) is 0.444. The van der Waals surface area contributed by atoms with Gasteiger partial charge in [-0.15, -0.1) is 0 Å². The quantitative estimate of drug-likeness (QED) is 0.736. The minimum Gasteiger partial charge on any atom is -0.464 e. The Labute approximate surface area is 137 Å². The molecule has 1 unspecified atom stereocenters. The Bertz CT molecular complexity index is 649. The number of aryl methyl sites for hydroxylation is 1. The van der Waals surface area contributed by atoms with Crippen LogP contribution in [-0.2, 0) is 21.3 Å². The third kappa shape index (κ3) is 4.42. The highest BCUT2D eigenvalue weighted by Crippen LogP contribution is 2.28. The van der Waals surface area contributed by atoms with Gasteiger partial charge in [-0.3, -0.25) is 4.68 Å². The molecule has 124 valence electrons. The molecule has 0 aliphatic rings. The summed E-state index contributed by atoms with van der Waals surface area (Å²) in [4.78, 5) is 11.6. The molecule has 0 aliphatic carbocycles. The Morgan fingerprint density at radius 2 is 2.00 bits per heavy atom. The summed E-state index contributed by atoms with van der Waals surface area (Å²) in [7, 11) is 1.86. The number of nitrogens with zero attached hydrogens (tertiary/aromatic N) is 2. The van der Waals surface area contributed by atoms with Crippen LogP contribution in [0.25, 0.3) is 0 Å². The highest BCUT2D eigenvalue weighted by Gasteiger charge is 2.20. The molecule has 5 heteroatoms. The van der Waals surface area contributed by atoms with Gasteiger partial charge in [0.1, 0.15) is 12.7 Å². The zero-order valence-corrected chi connectivity index (χ0v) is 14.2. The van der Waals surface area contributed by atoms with E-state index in [1.807, 2.05) is 25.2 Å². The number of carbonyl (C=O) groups is 1. The molecule has 1 heterocycles. The zero-order valence-electron chi connectivity index (χ0n) is 14.2. The minimum atomic E-state index is -0.361. The first-order valence-electron chi connectivity index (χ1n) is 7.88. The first kappa shape index (κ1) is 17.2. The molecule has 5 nitrogen and oxygen atoms in total. The lowest BCUT2D eigenvalue weighted by molar-refractivity contribution is -0.150. The predicted octanol–water partition coefficient (Wildman–Crippen LogP) is 3.21. The van der Waals surface area contributed by atoms with Crippen LogP contribution in [0.3, 0.4) is 0 Å². The molecule has 0 radical (unpaired) electrons. The van der Waals surface area contributed by atoms with Crippen LogP contribution in [0, 0.1) is 0 Å². The second-order valence-corrected chi connectivity index (χ2v) is 5.70. The lowest BCUT2D eigenvalue weighted by Gasteiger charge is -2.19. The Morgan fingerprint density at radius 3 is 2.61 bits per heavy atom. The zero-order chi connectivity index (χ0) is 16.8. The van der Waals surface area contributed by atoms with E-state index in [1.54, 1.807) is 17.8 Å². The number of esters is 1. The monoisotopic (exact) mass is 316 g/mol. The van der Waals surface area contributed by atoms with Crippen LogP contribution in [0.1, 0.15) is 49.6 Å². The van der Waals surface area contributed by atoms with Crippen molar-refractivity contribution in [3.8, 4) is 0 Å². The number of rotatable bonds is 7. The number of hydrogen-bond acceptors (Lipinski definition) is 4. The number of carbonyl (C=O) groups excluding carboxylic acids is 1. The van der Waals surface area contributed by atoms with Crippen molar-refractivity contribution in [3.05, 3.63) is 53.3 Å². The molecule has 2 rings (SSSR count). The maximum Gasteiger partial charge on any atom is 0.332 e. The average molecular weight is 316 g/mol. The van der Waals surface area contributed by atoms with Gasteiger partial charge in [-0.1, -0.05) is 38.1 Å². The molecule has 0 aliphatic heterocycles. The van der Waals surface area contributed by atoms with Gasteiger partial charge in [-0.05, 0) is 30.0 Å². The molecule has 0 fully saturated rings. The largest absolute Gasteiger partial charge is 0.464 e. The highest BCUT2D eigenvalue weighted by atomic mass is 16.6. The summed E-state index contributed by atoms with van der Waals surface area (Å²) in [6.07, 6.45) is 1.37. The van der Waals surface area contributed by atoms with Gasteiger partial charge in [0.2, 0.25) is 0 Å². The second kappa shape index (κ2) is 7.92. The lowest BCUT2D eigenvalue weighted by Crippen LogP contribution is -2.18. The average Bonchev–Trinajstić information content (AvgIpc) is 2.94. The SMILES string of the molecule is CCOC(=O)COC(c1cccc(C(C)C)c1)c1ccnn1C. The maximum atomic E-state index is 11.6. The second-order valence-electron chi connectivity index (χ2n) is 5.70. The molecule has 0 amide bonds. The molecule has 0 N–H and O–H groups in total. The van der Waals surface area contributed by atoms with E-state index in [1.165, 1.54) is 5.56 Å². The third-order valence-corrected chi connectivity index (χ3v) is 3.68. The Hall–Kier alpha value is -2.14. The topological polar surface area (TPSA) is 53.4 Å². The number of ether oxygens (including phenoxy) is 2. The van der Waals surface area contributed by atoms with Crippen LogP contribution >= 0.6 is 0 Å². The van der Waals surface area contributed by atoms with Crippen LogP contribution in [0.2, 0.25) is 0 Å². The highest BCUT2D eigenvalue weighted by molar-refractivity contribution is 5.70. The van der Waals surface area contributed by atoms with Crippen LogP contribution in [0.5, 0.6) is 0 Å². The normalized spacial score (nSPS) is 12.4. The summed E-state index contributed by atoms with van der Waals surface area (Å²) in [5.41, 5.74) is 3.13. The van der Waals surface area contributed by atoms with Gasteiger partial charge in [0.15, 0.2) is 0 Å². The van der Waals surface area contributed by atoms with Crippen molar-refractivity contribution < 1.29 is 14.3 Å². The molecule has 0 saturated heterocycles. The summed E-state index contributed by atoms with van der Waals surface area (Å²) in [6.45, 7) is 6.34. The van der Waals surface area contributed by atoms with Crippen LogP contribution in [-0.4, -0.2) is 29.0 Å². The van der Waals surface area contributed by atoms with Gasteiger partial charge in [0.05, 0.1) is 12.3 Å². The van der Waals surface area contributed by atoms with E-state index in [9.17, 15) is 4.79 Å². The molecule has 0 spiro atoms. The predicted molar refractivity (Wildman–Crippen MR) is 88.2 cm³/mol. The minimum absolute atomic E-state index is 0.0877. The standard InChI is InChI=1S/C18H24N2O3/c1-5-22-17(21)12-23-18(16-9-10-19-20(16)4)15-8-6-7-14(11-15)13(2)3/h6-11,13,18H,5,12H2,1-4H3. The van der Waals surface area contributed by atoms with Crippen LogP contribution < -0.4 is 0 Å². The Balaban J connectivity index is 2.28. The number of hydrogen-bond donors (Lipinski definition) is 0. The lowest BCUT2D eigenvalue weighted by atomic mass is 9.97. The summed E-state index contributed by atoms with van der Waals surface area (Å²) < 4.78 is 12.6. The Morgan fingerprint density at radius 1 is 1.26 bits per heavy atom. The smallest absolute Gasteiger partial charge is 0.332 e. The van der Waals surface area contributed by atoms with E-state index in [2.05, 4.69) is 31.1 Å². The first-order valence-corrected chi connectivity index (χ1v) is 7.88. The summed E-state index contributed by atoms with van der Waals surface area (Å²) in [5, 5.41) is 4.20. The van der Waals surface area contributed by atoms with Crippen molar-refractivity contribution in [2.75, 3.05) is 13.2 Å². The van der Waals surface area contributed by atoms with E-state index in [0.717, 1.165) is 11.3 Å². The van der Waals surface area contributed by atoms with E-state index in [0.29, 0.717) is 12.5 Å².